The van der Waals surface area contributed by atoms with Crippen molar-refractivity contribution in [2.45, 2.75) is 33.7 Å². The summed E-state index contributed by atoms with van der Waals surface area (Å²) in [6.07, 6.45) is 3.26. The Morgan fingerprint density at radius 3 is 2.47 bits per heavy atom. The molecule has 0 aliphatic carbocycles. The van der Waals surface area contributed by atoms with E-state index in [-0.39, 0.29) is 0 Å². The third-order valence-electron chi connectivity index (χ3n) is 3.14. The maximum atomic E-state index is 4.62. The molecule has 0 saturated carbocycles. The Balaban J connectivity index is 2.32. The Morgan fingerprint density at radius 1 is 1.16 bits per heavy atom. The first-order valence-corrected chi connectivity index (χ1v) is 6.92. The van der Waals surface area contributed by atoms with Gasteiger partial charge in [-0.05, 0) is 38.9 Å². The average molecular weight is 257 g/mol. The number of aromatic nitrogens is 2. The molecule has 0 aliphatic heterocycles. The first-order valence-electron chi connectivity index (χ1n) is 6.92. The maximum absolute atomic E-state index is 4.62. The molecule has 1 aromatic heterocycles. The second-order valence-electron chi connectivity index (χ2n) is 5.23. The summed E-state index contributed by atoms with van der Waals surface area (Å²) in [6, 6.07) is 6.61. The summed E-state index contributed by atoms with van der Waals surface area (Å²) in [6.45, 7) is 8.37. The van der Waals surface area contributed by atoms with E-state index in [1.54, 1.807) is 0 Å². The minimum absolute atomic E-state index is 0.879. The summed E-state index contributed by atoms with van der Waals surface area (Å²) in [4.78, 5) is 0. The van der Waals surface area contributed by atoms with E-state index in [9.17, 15) is 0 Å². The summed E-state index contributed by atoms with van der Waals surface area (Å²) in [5.74, 6) is 0. The molecule has 0 fully saturated rings. The fraction of sp³-hybridized carbons (Fsp3) is 0.438. The fourth-order valence-electron chi connectivity index (χ4n) is 2.42. The lowest BCUT2D eigenvalue weighted by atomic mass is 10.0. The zero-order valence-corrected chi connectivity index (χ0v) is 12.3. The molecule has 2 rings (SSSR count). The summed E-state index contributed by atoms with van der Waals surface area (Å²) in [5.41, 5.74) is 6.14. The quantitative estimate of drug-likeness (QED) is 0.834. The average Bonchev–Trinajstić information content (AvgIpc) is 2.70. The topological polar surface area (TPSA) is 29.9 Å². The lowest BCUT2D eigenvalue weighted by Gasteiger charge is -2.06. The van der Waals surface area contributed by atoms with Gasteiger partial charge in [0.2, 0.25) is 0 Å². The van der Waals surface area contributed by atoms with Crippen molar-refractivity contribution in [1.82, 2.24) is 15.1 Å². The molecule has 3 heteroatoms. The molecule has 0 spiro atoms. The van der Waals surface area contributed by atoms with Crippen molar-refractivity contribution in [3.63, 3.8) is 0 Å². The fourth-order valence-corrected chi connectivity index (χ4v) is 2.42. The summed E-state index contributed by atoms with van der Waals surface area (Å²) < 4.78 is 1.90. The van der Waals surface area contributed by atoms with Gasteiger partial charge in [-0.1, -0.05) is 24.1 Å². The smallest absolute Gasteiger partial charge is 0.0968 e. The van der Waals surface area contributed by atoms with Gasteiger partial charge in [-0.2, -0.15) is 5.10 Å². The molecule has 1 N–H and O–H groups in total. The Kier molecular flexibility index (Phi) is 4.38. The van der Waals surface area contributed by atoms with Crippen LogP contribution in [0.4, 0.5) is 0 Å². The molecule has 0 atom stereocenters. The van der Waals surface area contributed by atoms with E-state index in [0.717, 1.165) is 25.2 Å². The number of hydrogen-bond donors (Lipinski definition) is 1. The molecule has 0 unspecified atom stereocenters. The van der Waals surface area contributed by atoms with Crippen molar-refractivity contribution in [1.29, 1.82) is 0 Å². The van der Waals surface area contributed by atoms with Crippen LogP contribution in [0.5, 0.6) is 0 Å². The minimum atomic E-state index is 0.879. The van der Waals surface area contributed by atoms with Gasteiger partial charge in [-0.15, -0.1) is 0 Å². The lowest BCUT2D eigenvalue weighted by Crippen LogP contribution is -2.13. The number of aryl methyl sites for hydroxylation is 3. The molecule has 0 aliphatic rings. The van der Waals surface area contributed by atoms with Gasteiger partial charge < -0.3 is 5.32 Å². The third kappa shape index (κ3) is 3.44. The number of rotatable bonds is 5. The molecular formula is C16H23N3. The van der Waals surface area contributed by atoms with Gasteiger partial charge in [-0.3, -0.25) is 4.68 Å². The Morgan fingerprint density at radius 2 is 1.84 bits per heavy atom. The van der Waals surface area contributed by atoms with Gasteiger partial charge in [-0.25, -0.2) is 0 Å². The van der Waals surface area contributed by atoms with Crippen molar-refractivity contribution in [3.8, 4) is 11.3 Å². The molecule has 1 heterocycles. The van der Waals surface area contributed by atoms with E-state index in [0.29, 0.717) is 0 Å². The van der Waals surface area contributed by atoms with Crippen LogP contribution in [-0.4, -0.2) is 16.3 Å². The standard InChI is InChI=1S/C16H23N3/c1-5-6-17-10-15-11-19(4)18-16(15)14-8-12(2)7-13(3)9-14/h7-9,11,17H,5-6,10H2,1-4H3. The lowest BCUT2D eigenvalue weighted by molar-refractivity contribution is 0.675. The van der Waals surface area contributed by atoms with Crippen LogP contribution in [0.25, 0.3) is 11.3 Å². The minimum Gasteiger partial charge on any atom is -0.313 e. The van der Waals surface area contributed by atoms with Gasteiger partial charge >= 0.3 is 0 Å². The van der Waals surface area contributed by atoms with Gasteiger partial charge in [0.15, 0.2) is 0 Å². The van der Waals surface area contributed by atoms with E-state index in [2.05, 4.69) is 55.6 Å². The zero-order chi connectivity index (χ0) is 13.8. The van der Waals surface area contributed by atoms with Gasteiger partial charge in [0.25, 0.3) is 0 Å². The number of nitrogens with one attached hydrogen (secondary N) is 1. The molecule has 3 nitrogen and oxygen atoms in total. The highest BCUT2D eigenvalue weighted by Gasteiger charge is 2.10. The Labute approximate surface area is 115 Å². The largest absolute Gasteiger partial charge is 0.313 e. The monoisotopic (exact) mass is 257 g/mol. The van der Waals surface area contributed by atoms with Crippen molar-refractivity contribution >= 4 is 0 Å². The molecule has 0 bridgehead atoms. The van der Waals surface area contributed by atoms with E-state index in [1.807, 2.05) is 11.7 Å². The zero-order valence-electron chi connectivity index (χ0n) is 12.3. The molecule has 19 heavy (non-hydrogen) atoms. The predicted molar refractivity (Wildman–Crippen MR) is 80.1 cm³/mol. The van der Waals surface area contributed by atoms with Crippen molar-refractivity contribution < 1.29 is 0 Å². The molecule has 0 saturated heterocycles. The van der Waals surface area contributed by atoms with Crippen LogP contribution in [0.3, 0.4) is 0 Å². The number of nitrogens with zero attached hydrogens (tertiary/aromatic N) is 2. The van der Waals surface area contributed by atoms with Crippen LogP contribution in [0, 0.1) is 13.8 Å². The highest BCUT2D eigenvalue weighted by atomic mass is 15.3. The van der Waals surface area contributed by atoms with Crippen LogP contribution in [0.2, 0.25) is 0 Å². The summed E-state index contributed by atoms with van der Waals surface area (Å²) in [7, 11) is 1.98. The second-order valence-corrected chi connectivity index (χ2v) is 5.23. The maximum Gasteiger partial charge on any atom is 0.0968 e. The van der Waals surface area contributed by atoms with Gasteiger partial charge in [0.1, 0.15) is 0 Å². The van der Waals surface area contributed by atoms with E-state index in [1.165, 1.54) is 22.3 Å². The van der Waals surface area contributed by atoms with Crippen LogP contribution in [0.1, 0.15) is 30.0 Å². The van der Waals surface area contributed by atoms with Gasteiger partial charge in [0, 0.05) is 30.9 Å². The first-order chi connectivity index (χ1) is 9.10. The number of benzene rings is 1. The van der Waals surface area contributed by atoms with Crippen molar-refractivity contribution in [2.24, 2.45) is 7.05 Å². The molecule has 102 valence electrons. The van der Waals surface area contributed by atoms with Crippen molar-refractivity contribution in [2.75, 3.05) is 6.54 Å². The molecular weight excluding hydrogens is 234 g/mol. The van der Waals surface area contributed by atoms with E-state index >= 15 is 0 Å². The highest BCUT2D eigenvalue weighted by Crippen LogP contribution is 2.24. The Hall–Kier alpha value is -1.61. The SMILES string of the molecule is CCCNCc1cn(C)nc1-c1cc(C)cc(C)c1. The Bertz CT molecular complexity index is 535. The van der Waals surface area contributed by atoms with Crippen LogP contribution in [0.15, 0.2) is 24.4 Å². The third-order valence-corrected chi connectivity index (χ3v) is 3.14. The predicted octanol–water partition coefficient (Wildman–Crippen LogP) is 3.20. The highest BCUT2D eigenvalue weighted by molar-refractivity contribution is 5.64. The molecule has 2 aromatic rings. The molecule has 0 amide bonds. The first kappa shape index (κ1) is 13.8. The molecule has 0 radical (unpaired) electrons. The van der Waals surface area contributed by atoms with Crippen LogP contribution >= 0.6 is 0 Å². The second kappa shape index (κ2) is 6.02. The van der Waals surface area contributed by atoms with E-state index in [4.69, 9.17) is 0 Å². The molecule has 1 aromatic carbocycles. The normalized spacial score (nSPS) is 10.9. The van der Waals surface area contributed by atoms with Crippen molar-refractivity contribution in [3.05, 3.63) is 41.1 Å². The van der Waals surface area contributed by atoms with Gasteiger partial charge in [0.05, 0.1) is 5.69 Å². The summed E-state index contributed by atoms with van der Waals surface area (Å²) in [5, 5.41) is 8.07. The van der Waals surface area contributed by atoms with E-state index < -0.39 is 0 Å². The van der Waals surface area contributed by atoms with Crippen LogP contribution < -0.4 is 5.32 Å². The number of hydrogen-bond acceptors (Lipinski definition) is 2. The van der Waals surface area contributed by atoms with Crippen LogP contribution in [-0.2, 0) is 13.6 Å². The summed E-state index contributed by atoms with van der Waals surface area (Å²) >= 11 is 0.